The van der Waals surface area contributed by atoms with Crippen LogP contribution in [0.5, 0.6) is 5.75 Å². The van der Waals surface area contributed by atoms with E-state index < -0.39 is 0 Å². The van der Waals surface area contributed by atoms with E-state index in [-0.39, 0.29) is 17.2 Å². The third-order valence-electron chi connectivity index (χ3n) is 7.85. The maximum Gasteiger partial charge on any atom is 0.223 e. The topological polar surface area (TPSA) is 70.9 Å². The lowest BCUT2D eigenvalue weighted by atomic mass is 9.75. The summed E-state index contributed by atoms with van der Waals surface area (Å²) in [5, 5.41) is 4.90. The molecule has 196 valence electrons. The molecule has 8 nitrogen and oxygen atoms in total. The molecule has 0 bridgehead atoms. The summed E-state index contributed by atoms with van der Waals surface area (Å²) in [5.74, 6) is 1.05. The standard InChI is InChI=1S/C27H38ClN5O3/c1-21-22(19-29-31(21)3)7-8-25(34)32-11-9-27(10-12-32,20-36-24-6-4-5-23(28)17-24)18-26(35)33-15-13-30(2)14-16-33/h4-6,17,19H,7-16,18,20H2,1-3H3. The molecule has 1 aromatic heterocycles. The number of carbonyl (C=O) groups is 2. The number of halogens is 1. The van der Waals surface area contributed by atoms with Crippen molar-refractivity contribution in [1.29, 1.82) is 0 Å². The quantitative estimate of drug-likeness (QED) is 0.540. The van der Waals surface area contributed by atoms with E-state index in [9.17, 15) is 9.59 Å². The number of aromatic nitrogens is 2. The number of piperidine rings is 1. The van der Waals surface area contributed by atoms with Crippen molar-refractivity contribution in [2.24, 2.45) is 12.5 Å². The van der Waals surface area contributed by atoms with Crippen LogP contribution in [0.3, 0.4) is 0 Å². The van der Waals surface area contributed by atoms with Gasteiger partial charge in [0.25, 0.3) is 0 Å². The number of likely N-dealkylation sites (N-methyl/N-ethyl adjacent to an activating group) is 1. The van der Waals surface area contributed by atoms with Gasteiger partial charge in [-0.05, 0) is 57.0 Å². The Hall–Kier alpha value is -2.58. The van der Waals surface area contributed by atoms with Crippen molar-refractivity contribution < 1.29 is 14.3 Å². The fraction of sp³-hybridized carbons (Fsp3) is 0.593. The largest absolute Gasteiger partial charge is 0.493 e. The molecule has 2 amide bonds. The van der Waals surface area contributed by atoms with E-state index in [0.29, 0.717) is 49.7 Å². The monoisotopic (exact) mass is 515 g/mol. The molecule has 0 unspecified atom stereocenters. The summed E-state index contributed by atoms with van der Waals surface area (Å²) < 4.78 is 8.02. The predicted molar refractivity (Wildman–Crippen MR) is 140 cm³/mol. The molecule has 0 atom stereocenters. The van der Waals surface area contributed by atoms with Crippen LogP contribution in [0.1, 0.15) is 36.9 Å². The zero-order valence-corrected chi connectivity index (χ0v) is 22.5. The minimum Gasteiger partial charge on any atom is -0.493 e. The molecule has 0 radical (unpaired) electrons. The first-order valence-corrected chi connectivity index (χ1v) is 13.2. The SMILES string of the molecule is Cc1c(CCC(=O)N2CCC(COc3cccc(Cl)c3)(CC(=O)N3CCN(C)CC3)CC2)cnn1C. The van der Waals surface area contributed by atoms with Crippen LogP contribution in [-0.4, -0.2) is 89.2 Å². The number of benzene rings is 1. The molecule has 2 aromatic rings. The van der Waals surface area contributed by atoms with Crippen molar-refractivity contribution >= 4 is 23.4 Å². The van der Waals surface area contributed by atoms with Gasteiger partial charge in [0.05, 0.1) is 12.8 Å². The Morgan fingerprint density at radius 1 is 1.03 bits per heavy atom. The first-order chi connectivity index (χ1) is 17.2. The first kappa shape index (κ1) is 26.5. The molecule has 2 fully saturated rings. The number of amides is 2. The van der Waals surface area contributed by atoms with Gasteiger partial charge in [-0.25, -0.2) is 0 Å². The average Bonchev–Trinajstić information content (AvgIpc) is 3.19. The van der Waals surface area contributed by atoms with Crippen LogP contribution >= 0.6 is 11.6 Å². The Kier molecular flexibility index (Phi) is 8.57. The Balaban J connectivity index is 1.38. The number of aryl methyl sites for hydroxylation is 2. The van der Waals surface area contributed by atoms with E-state index in [1.54, 1.807) is 6.07 Å². The van der Waals surface area contributed by atoms with Crippen LogP contribution in [-0.2, 0) is 23.1 Å². The lowest BCUT2D eigenvalue weighted by Crippen LogP contribution is -2.51. The molecule has 2 aliphatic heterocycles. The fourth-order valence-corrected chi connectivity index (χ4v) is 5.25. The second-order valence-electron chi connectivity index (χ2n) is 10.4. The normalized spacial score (nSPS) is 18.3. The molecule has 2 saturated heterocycles. The first-order valence-electron chi connectivity index (χ1n) is 12.8. The summed E-state index contributed by atoms with van der Waals surface area (Å²) in [7, 11) is 4.00. The van der Waals surface area contributed by atoms with Crippen LogP contribution in [0.2, 0.25) is 5.02 Å². The molecular weight excluding hydrogens is 478 g/mol. The number of likely N-dealkylation sites (tertiary alicyclic amines) is 1. The minimum atomic E-state index is -0.306. The van der Waals surface area contributed by atoms with Crippen molar-refractivity contribution in [1.82, 2.24) is 24.5 Å². The van der Waals surface area contributed by atoms with E-state index in [4.69, 9.17) is 16.3 Å². The molecule has 0 aliphatic carbocycles. The molecular formula is C27H38ClN5O3. The Labute approximate surface area is 219 Å². The van der Waals surface area contributed by atoms with Crippen LogP contribution in [0.15, 0.2) is 30.5 Å². The van der Waals surface area contributed by atoms with Crippen molar-refractivity contribution in [3.8, 4) is 5.75 Å². The number of hydrogen-bond acceptors (Lipinski definition) is 5. The average molecular weight is 516 g/mol. The van der Waals surface area contributed by atoms with Crippen LogP contribution in [0, 0.1) is 12.3 Å². The lowest BCUT2D eigenvalue weighted by Gasteiger charge is -2.43. The summed E-state index contributed by atoms with van der Waals surface area (Å²) in [4.78, 5) is 32.5. The summed E-state index contributed by atoms with van der Waals surface area (Å²) in [6, 6.07) is 7.38. The minimum absolute atomic E-state index is 0.160. The number of rotatable bonds is 8. The van der Waals surface area contributed by atoms with Gasteiger partial charge in [0.1, 0.15) is 5.75 Å². The predicted octanol–water partition coefficient (Wildman–Crippen LogP) is 3.17. The molecule has 9 heteroatoms. The highest BCUT2D eigenvalue weighted by atomic mass is 35.5. The summed E-state index contributed by atoms with van der Waals surface area (Å²) in [5.41, 5.74) is 1.91. The van der Waals surface area contributed by atoms with E-state index in [0.717, 1.165) is 50.3 Å². The maximum atomic E-state index is 13.3. The third kappa shape index (κ3) is 6.59. The molecule has 4 rings (SSSR count). The van der Waals surface area contributed by atoms with E-state index in [1.165, 1.54) is 0 Å². The van der Waals surface area contributed by atoms with Gasteiger partial charge < -0.3 is 19.4 Å². The molecule has 0 saturated carbocycles. The van der Waals surface area contributed by atoms with E-state index in [1.807, 2.05) is 52.8 Å². The highest BCUT2D eigenvalue weighted by Gasteiger charge is 2.40. The van der Waals surface area contributed by atoms with Crippen LogP contribution in [0.4, 0.5) is 0 Å². The second-order valence-corrected chi connectivity index (χ2v) is 10.8. The zero-order chi connectivity index (χ0) is 25.7. The number of ether oxygens (including phenoxy) is 1. The van der Waals surface area contributed by atoms with Crippen LogP contribution < -0.4 is 4.74 Å². The van der Waals surface area contributed by atoms with Gasteiger partial charge in [0, 0.05) is 75.3 Å². The number of piperazine rings is 1. The van der Waals surface area contributed by atoms with Gasteiger partial charge in [-0.15, -0.1) is 0 Å². The number of nitrogens with zero attached hydrogens (tertiary/aromatic N) is 5. The third-order valence-corrected chi connectivity index (χ3v) is 8.08. The van der Waals surface area contributed by atoms with E-state index in [2.05, 4.69) is 17.0 Å². The number of hydrogen-bond donors (Lipinski definition) is 0. The smallest absolute Gasteiger partial charge is 0.223 e. The molecule has 2 aliphatic rings. The van der Waals surface area contributed by atoms with Crippen molar-refractivity contribution in [3.05, 3.63) is 46.7 Å². The molecule has 0 N–H and O–H groups in total. The van der Waals surface area contributed by atoms with Crippen molar-refractivity contribution in [2.45, 2.75) is 39.0 Å². The second kappa shape index (κ2) is 11.6. The Morgan fingerprint density at radius 2 is 1.72 bits per heavy atom. The van der Waals surface area contributed by atoms with Gasteiger partial charge in [-0.2, -0.15) is 5.10 Å². The van der Waals surface area contributed by atoms with Gasteiger partial charge in [0.2, 0.25) is 11.8 Å². The number of carbonyl (C=O) groups excluding carboxylic acids is 2. The van der Waals surface area contributed by atoms with E-state index >= 15 is 0 Å². The molecule has 1 aromatic carbocycles. The van der Waals surface area contributed by atoms with Gasteiger partial charge in [-0.1, -0.05) is 17.7 Å². The van der Waals surface area contributed by atoms with Crippen molar-refractivity contribution in [3.63, 3.8) is 0 Å². The maximum absolute atomic E-state index is 13.3. The van der Waals surface area contributed by atoms with Gasteiger partial charge in [-0.3, -0.25) is 14.3 Å². The lowest BCUT2D eigenvalue weighted by molar-refractivity contribution is -0.139. The van der Waals surface area contributed by atoms with Crippen LogP contribution in [0.25, 0.3) is 0 Å². The highest BCUT2D eigenvalue weighted by molar-refractivity contribution is 6.30. The molecule has 36 heavy (non-hydrogen) atoms. The zero-order valence-electron chi connectivity index (χ0n) is 21.7. The summed E-state index contributed by atoms with van der Waals surface area (Å²) in [6.45, 7) is 7.06. The Morgan fingerprint density at radius 3 is 2.36 bits per heavy atom. The van der Waals surface area contributed by atoms with Gasteiger partial charge in [0.15, 0.2) is 0 Å². The fourth-order valence-electron chi connectivity index (χ4n) is 5.07. The highest BCUT2D eigenvalue weighted by Crippen LogP contribution is 2.37. The summed E-state index contributed by atoms with van der Waals surface area (Å²) >= 11 is 6.14. The molecule has 3 heterocycles. The molecule has 0 spiro atoms. The Bertz CT molecular complexity index is 1060. The summed E-state index contributed by atoms with van der Waals surface area (Å²) in [6.07, 6.45) is 4.93. The van der Waals surface area contributed by atoms with Gasteiger partial charge >= 0.3 is 0 Å². The van der Waals surface area contributed by atoms with Crippen molar-refractivity contribution in [2.75, 3.05) is 52.9 Å².